The second-order valence-electron chi connectivity index (χ2n) is 3.05. The lowest BCUT2D eigenvalue weighted by Gasteiger charge is -1.96. The zero-order valence-corrected chi connectivity index (χ0v) is 7.98. The van der Waals surface area contributed by atoms with Gasteiger partial charge < -0.3 is 10.3 Å². The fraction of sp³-hybridized carbons (Fsp3) is 0.200. The maximum absolute atomic E-state index is 12.4. The lowest BCUT2D eigenvalue weighted by molar-refractivity contribution is 0.380. The van der Waals surface area contributed by atoms with E-state index in [9.17, 15) is 4.39 Å². The molecule has 1 aromatic carbocycles. The SMILES string of the molecule is NCc1nc(-c2cccc(CF)c2)no1. The van der Waals surface area contributed by atoms with Gasteiger partial charge >= 0.3 is 0 Å². The Morgan fingerprint density at radius 3 is 2.93 bits per heavy atom. The van der Waals surface area contributed by atoms with E-state index >= 15 is 0 Å². The smallest absolute Gasteiger partial charge is 0.240 e. The highest BCUT2D eigenvalue weighted by Crippen LogP contribution is 2.17. The Hall–Kier alpha value is -1.75. The van der Waals surface area contributed by atoms with Crippen LogP contribution in [-0.4, -0.2) is 10.1 Å². The van der Waals surface area contributed by atoms with Crippen LogP contribution in [0.15, 0.2) is 28.8 Å². The molecule has 0 unspecified atom stereocenters. The van der Waals surface area contributed by atoms with Crippen molar-refractivity contribution < 1.29 is 8.91 Å². The third kappa shape index (κ3) is 2.02. The van der Waals surface area contributed by atoms with E-state index < -0.39 is 6.67 Å². The fourth-order valence-electron chi connectivity index (χ4n) is 1.25. The quantitative estimate of drug-likeness (QED) is 0.831. The fourth-order valence-corrected chi connectivity index (χ4v) is 1.25. The van der Waals surface area contributed by atoms with Gasteiger partial charge in [-0.3, -0.25) is 0 Å². The molecule has 0 spiro atoms. The molecule has 0 aliphatic rings. The molecule has 2 N–H and O–H groups in total. The van der Waals surface area contributed by atoms with Crippen LogP contribution in [0, 0.1) is 0 Å². The van der Waals surface area contributed by atoms with Crippen LogP contribution in [0.3, 0.4) is 0 Å². The minimum absolute atomic E-state index is 0.204. The predicted octanol–water partition coefficient (Wildman–Crippen LogP) is 1.66. The Bertz CT molecular complexity index is 455. The molecular formula is C10H10FN3O. The summed E-state index contributed by atoms with van der Waals surface area (Å²) in [6.07, 6.45) is 0. The van der Waals surface area contributed by atoms with Crippen molar-refractivity contribution in [1.29, 1.82) is 0 Å². The number of alkyl halides is 1. The summed E-state index contributed by atoms with van der Waals surface area (Å²) >= 11 is 0. The van der Waals surface area contributed by atoms with E-state index in [0.717, 1.165) is 5.56 Å². The van der Waals surface area contributed by atoms with Crippen molar-refractivity contribution >= 4 is 0 Å². The molecule has 78 valence electrons. The molecule has 15 heavy (non-hydrogen) atoms. The van der Waals surface area contributed by atoms with Crippen LogP contribution in [0.5, 0.6) is 0 Å². The van der Waals surface area contributed by atoms with Crippen molar-refractivity contribution in [1.82, 2.24) is 10.1 Å². The van der Waals surface area contributed by atoms with Crippen molar-refractivity contribution in [3.63, 3.8) is 0 Å². The summed E-state index contributed by atoms with van der Waals surface area (Å²) < 4.78 is 17.3. The number of nitrogens with two attached hydrogens (primary N) is 1. The van der Waals surface area contributed by atoms with Gasteiger partial charge in [-0.1, -0.05) is 23.4 Å². The highest BCUT2D eigenvalue weighted by atomic mass is 19.1. The lowest BCUT2D eigenvalue weighted by atomic mass is 10.1. The number of benzene rings is 1. The molecule has 0 radical (unpaired) electrons. The van der Waals surface area contributed by atoms with Gasteiger partial charge in [-0.25, -0.2) is 4.39 Å². The number of rotatable bonds is 3. The predicted molar refractivity (Wildman–Crippen MR) is 52.4 cm³/mol. The third-order valence-electron chi connectivity index (χ3n) is 1.98. The molecule has 0 atom stereocenters. The molecule has 0 fully saturated rings. The molecule has 1 heterocycles. The van der Waals surface area contributed by atoms with Crippen molar-refractivity contribution in [2.75, 3.05) is 0 Å². The van der Waals surface area contributed by atoms with Crippen LogP contribution in [-0.2, 0) is 13.2 Å². The number of halogens is 1. The average Bonchev–Trinajstić information content (AvgIpc) is 2.78. The molecule has 5 heteroatoms. The Balaban J connectivity index is 2.35. The molecule has 2 rings (SSSR count). The van der Waals surface area contributed by atoms with Crippen molar-refractivity contribution in [3.8, 4) is 11.4 Å². The van der Waals surface area contributed by atoms with E-state index in [2.05, 4.69) is 10.1 Å². The van der Waals surface area contributed by atoms with Crippen LogP contribution in [0.1, 0.15) is 11.5 Å². The summed E-state index contributed by atoms with van der Waals surface area (Å²) in [5.41, 5.74) is 6.66. The van der Waals surface area contributed by atoms with Gasteiger partial charge in [0.2, 0.25) is 11.7 Å². The maximum atomic E-state index is 12.4. The van der Waals surface area contributed by atoms with E-state index in [-0.39, 0.29) is 6.54 Å². The summed E-state index contributed by atoms with van der Waals surface area (Å²) in [4.78, 5) is 4.05. The average molecular weight is 207 g/mol. The van der Waals surface area contributed by atoms with Gasteiger partial charge in [-0.05, 0) is 11.6 Å². The summed E-state index contributed by atoms with van der Waals surface area (Å²) in [6.45, 7) is -0.300. The van der Waals surface area contributed by atoms with Gasteiger partial charge in [0, 0.05) is 5.56 Å². The number of hydrogen-bond acceptors (Lipinski definition) is 4. The van der Waals surface area contributed by atoms with E-state index in [0.29, 0.717) is 17.3 Å². The Labute approximate surface area is 85.9 Å². The third-order valence-corrected chi connectivity index (χ3v) is 1.98. The molecule has 2 aromatic rings. The molecule has 0 amide bonds. The first-order chi connectivity index (χ1) is 7.33. The van der Waals surface area contributed by atoms with Gasteiger partial charge in [0.05, 0.1) is 6.54 Å². The topological polar surface area (TPSA) is 64.9 Å². The minimum atomic E-state index is -0.505. The molecule has 4 nitrogen and oxygen atoms in total. The molecule has 0 bridgehead atoms. The maximum Gasteiger partial charge on any atom is 0.240 e. The zero-order valence-electron chi connectivity index (χ0n) is 7.98. The molecule has 1 aromatic heterocycles. The van der Waals surface area contributed by atoms with Gasteiger partial charge in [0.25, 0.3) is 0 Å². The van der Waals surface area contributed by atoms with E-state index in [1.54, 1.807) is 24.3 Å². The molecular weight excluding hydrogens is 197 g/mol. The Morgan fingerprint density at radius 1 is 1.40 bits per heavy atom. The summed E-state index contributed by atoms with van der Waals surface area (Å²) in [6, 6.07) is 6.94. The molecule has 0 saturated heterocycles. The van der Waals surface area contributed by atoms with Gasteiger partial charge in [-0.15, -0.1) is 0 Å². The minimum Gasteiger partial charge on any atom is -0.338 e. The second-order valence-corrected chi connectivity index (χ2v) is 3.05. The highest BCUT2D eigenvalue weighted by molar-refractivity contribution is 5.55. The van der Waals surface area contributed by atoms with Crippen molar-refractivity contribution in [2.45, 2.75) is 13.2 Å². The van der Waals surface area contributed by atoms with Crippen LogP contribution in [0.4, 0.5) is 4.39 Å². The largest absolute Gasteiger partial charge is 0.338 e. The first-order valence-corrected chi connectivity index (χ1v) is 4.51. The summed E-state index contributed by atoms with van der Waals surface area (Å²) in [5, 5.41) is 3.74. The Morgan fingerprint density at radius 2 is 2.27 bits per heavy atom. The van der Waals surface area contributed by atoms with Gasteiger partial charge in [0.1, 0.15) is 6.67 Å². The molecule has 0 saturated carbocycles. The molecule has 0 aliphatic carbocycles. The van der Waals surface area contributed by atoms with Crippen LogP contribution >= 0.6 is 0 Å². The number of nitrogens with zero attached hydrogens (tertiary/aromatic N) is 2. The lowest BCUT2D eigenvalue weighted by Crippen LogP contribution is -1.95. The van der Waals surface area contributed by atoms with Crippen LogP contribution in [0.2, 0.25) is 0 Å². The van der Waals surface area contributed by atoms with E-state index in [1.807, 2.05) is 0 Å². The summed E-state index contributed by atoms with van der Waals surface area (Å²) in [5.74, 6) is 0.807. The van der Waals surface area contributed by atoms with Gasteiger partial charge in [0.15, 0.2) is 0 Å². The summed E-state index contributed by atoms with van der Waals surface area (Å²) in [7, 11) is 0. The van der Waals surface area contributed by atoms with E-state index in [4.69, 9.17) is 10.3 Å². The zero-order chi connectivity index (χ0) is 10.7. The van der Waals surface area contributed by atoms with Crippen molar-refractivity contribution in [2.24, 2.45) is 5.73 Å². The Kier molecular flexibility index (Phi) is 2.73. The first-order valence-electron chi connectivity index (χ1n) is 4.51. The van der Waals surface area contributed by atoms with Gasteiger partial charge in [-0.2, -0.15) is 4.98 Å². The second kappa shape index (κ2) is 4.18. The highest BCUT2D eigenvalue weighted by Gasteiger charge is 2.07. The number of hydrogen-bond donors (Lipinski definition) is 1. The van der Waals surface area contributed by atoms with Crippen molar-refractivity contribution in [3.05, 3.63) is 35.7 Å². The number of aromatic nitrogens is 2. The standard InChI is InChI=1S/C10H10FN3O/c11-5-7-2-1-3-8(4-7)10-13-9(6-12)15-14-10/h1-4H,5-6,12H2. The van der Waals surface area contributed by atoms with E-state index in [1.165, 1.54) is 0 Å². The first kappa shape index (κ1) is 9.79. The monoisotopic (exact) mass is 207 g/mol. The van der Waals surface area contributed by atoms with Crippen LogP contribution in [0.25, 0.3) is 11.4 Å². The van der Waals surface area contributed by atoms with Crippen LogP contribution < -0.4 is 5.73 Å². The normalized spacial score (nSPS) is 10.5. The molecule has 0 aliphatic heterocycles.